The highest BCUT2D eigenvalue weighted by atomic mass is 79.9. The van der Waals surface area contributed by atoms with Crippen LogP contribution >= 0.6 is 15.9 Å². The molecule has 0 unspecified atom stereocenters. The van der Waals surface area contributed by atoms with Crippen molar-refractivity contribution in [3.8, 4) is 0 Å². The van der Waals surface area contributed by atoms with E-state index in [2.05, 4.69) is 15.9 Å². The zero-order valence-corrected chi connectivity index (χ0v) is 10.1. The van der Waals surface area contributed by atoms with Gasteiger partial charge in [-0.3, -0.25) is 4.90 Å². The van der Waals surface area contributed by atoms with Crippen LogP contribution in [0.25, 0.3) is 0 Å². The van der Waals surface area contributed by atoms with Crippen LogP contribution in [0, 0.1) is 5.82 Å². The first-order valence-corrected chi connectivity index (χ1v) is 5.80. The quantitative estimate of drug-likeness (QED) is 0.807. The Labute approximate surface area is 100 Å². The third-order valence-corrected chi connectivity index (χ3v) is 3.14. The summed E-state index contributed by atoms with van der Waals surface area (Å²) in [6, 6.07) is 4.57. The van der Waals surface area contributed by atoms with E-state index in [1.807, 2.05) is 0 Å². The molecular formula is C11H11BrF3N. The number of hydrogen-bond acceptors (Lipinski definition) is 1. The topological polar surface area (TPSA) is 3.24 Å². The number of rotatable bonds is 2. The summed E-state index contributed by atoms with van der Waals surface area (Å²) in [5, 5.41) is 0. The Morgan fingerprint density at radius 1 is 1.38 bits per heavy atom. The smallest absolute Gasteiger partial charge is 0.261 e. The van der Waals surface area contributed by atoms with Gasteiger partial charge in [0.1, 0.15) is 5.82 Å². The summed E-state index contributed by atoms with van der Waals surface area (Å²) in [5.41, 5.74) is 0.451. The summed E-state index contributed by atoms with van der Waals surface area (Å²) in [7, 11) is 0. The highest BCUT2D eigenvalue weighted by Crippen LogP contribution is 2.28. The zero-order chi connectivity index (χ0) is 11.8. The van der Waals surface area contributed by atoms with Crippen molar-refractivity contribution in [2.45, 2.75) is 18.9 Å². The molecule has 1 fully saturated rings. The Morgan fingerprint density at radius 2 is 2.12 bits per heavy atom. The van der Waals surface area contributed by atoms with Gasteiger partial charge in [-0.2, -0.15) is 0 Å². The molecule has 0 aliphatic carbocycles. The summed E-state index contributed by atoms with van der Waals surface area (Å²) in [6.45, 7) is 0.277. The highest BCUT2D eigenvalue weighted by molar-refractivity contribution is 9.10. The molecule has 0 amide bonds. The maximum Gasteiger partial charge on any atom is 0.261 e. The van der Waals surface area contributed by atoms with E-state index in [-0.39, 0.29) is 25.3 Å². The lowest BCUT2D eigenvalue weighted by Gasteiger charge is -2.16. The highest BCUT2D eigenvalue weighted by Gasteiger charge is 2.38. The van der Waals surface area contributed by atoms with E-state index in [4.69, 9.17) is 0 Å². The summed E-state index contributed by atoms with van der Waals surface area (Å²) in [5.74, 6) is -2.97. The van der Waals surface area contributed by atoms with Gasteiger partial charge in [-0.25, -0.2) is 13.2 Å². The first-order chi connectivity index (χ1) is 7.46. The van der Waals surface area contributed by atoms with Crippen LogP contribution in [0.4, 0.5) is 13.2 Å². The molecular weight excluding hydrogens is 283 g/mol. The van der Waals surface area contributed by atoms with Crippen molar-refractivity contribution in [1.29, 1.82) is 0 Å². The predicted molar refractivity (Wildman–Crippen MR) is 58.9 cm³/mol. The molecule has 0 atom stereocenters. The largest absolute Gasteiger partial charge is 0.293 e. The van der Waals surface area contributed by atoms with Gasteiger partial charge in [0.05, 0.1) is 6.54 Å². The van der Waals surface area contributed by atoms with E-state index in [1.165, 1.54) is 6.07 Å². The van der Waals surface area contributed by atoms with Gasteiger partial charge in [0, 0.05) is 29.5 Å². The molecule has 1 aromatic carbocycles. The van der Waals surface area contributed by atoms with E-state index in [0.29, 0.717) is 12.1 Å². The van der Waals surface area contributed by atoms with Gasteiger partial charge in [-0.05, 0) is 18.2 Å². The van der Waals surface area contributed by atoms with Gasteiger partial charge in [0.15, 0.2) is 0 Å². The molecule has 1 aromatic rings. The lowest BCUT2D eigenvalue weighted by atomic mass is 10.2. The molecule has 0 bridgehead atoms. The molecule has 1 heterocycles. The minimum atomic E-state index is -2.62. The Morgan fingerprint density at radius 3 is 2.75 bits per heavy atom. The van der Waals surface area contributed by atoms with Gasteiger partial charge in [0.25, 0.3) is 5.92 Å². The van der Waals surface area contributed by atoms with Crippen molar-refractivity contribution in [2.75, 3.05) is 13.1 Å². The fourth-order valence-electron chi connectivity index (χ4n) is 1.85. The average Bonchev–Trinajstić information content (AvgIpc) is 2.52. The number of benzene rings is 1. The van der Waals surface area contributed by atoms with Crippen molar-refractivity contribution >= 4 is 15.9 Å². The van der Waals surface area contributed by atoms with Gasteiger partial charge < -0.3 is 0 Å². The SMILES string of the molecule is Fc1ccc(Br)cc1CN1CCC(F)(F)C1. The van der Waals surface area contributed by atoms with Crippen LogP contribution in [0.15, 0.2) is 22.7 Å². The number of alkyl halides is 2. The second-order valence-electron chi connectivity index (χ2n) is 4.05. The molecule has 0 N–H and O–H groups in total. The lowest BCUT2D eigenvalue weighted by molar-refractivity contribution is 0.0114. The molecule has 16 heavy (non-hydrogen) atoms. The third-order valence-electron chi connectivity index (χ3n) is 2.65. The normalized spacial score (nSPS) is 20.2. The summed E-state index contributed by atoms with van der Waals surface area (Å²) in [4.78, 5) is 1.57. The molecule has 0 radical (unpaired) electrons. The molecule has 1 aliphatic rings. The van der Waals surface area contributed by atoms with Gasteiger partial charge in [-0.1, -0.05) is 15.9 Å². The molecule has 0 spiro atoms. The number of halogens is 4. The molecule has 1 nitrogen and oxygen atoms in total. The maximum absolute atomic E-state index is 13.4. The first kappa shape index (κ1) is 11.9. The van der Waals surface area contributed by atoms with Crippen LogP contribution in [-0.4, -0.2) is 23.9 Å². The van der Waals surface area contributed by atoms with Crippen LogP contribution < -0.4 is 0 Å². The lowest BCUT2D eigenvalue weighted by Crippen LogP contribution is -2.25. The Kier molecular flexibility index (Phi) is 3.26. The average molecular weight is 294 g/mol. The minimum absolute atomic E-state index is 0.136. The van der Waals surface area contributed by atoms with Gasteiger partial charge in [-0.15, -0.1) is 0 Å². The van der Waals surface area contributed by atoms with Gasteiger partial charge in [0.2, 0.25) is 0 Å². The number of hydrogen-bond donors (Lipinski definition) is 0. The van der Waals surface area contributed by atoms with Crippen molar-refractivity contribution < 1.29 is 13.2 Å². The van der Waals surface area contributed by atoms with E-state index >= 15 is 0 Å². The standard InChI is InChI=1S/C11H11BrF3N/c12-9-1-2-10(13)8(5-9)6-16-4-3-11(14,15)7-16/h1-2,5H,3-4,6-7H2. The molecule has 5 heteroatoms. The molecule has 88 valence electrons. The summed E-state index contributed by atoms with van der Waals surface area (Å²) < 4.78 is 40.0. The molecule has 0 aromatic heterocycles. The van der Waals surface area contributed by atoms with E-state index in [0.717, 1.165) is 4.47 Å². The molecule has 0 saturated carbocycles. The van der Waals surface area contributed by atoms with E-state index in [1.54, 1.807) is 17.0 Å². The zero-order valence-electron chi connectivity index (χ0n) is 8.52. The Bertz CT molecular complexity index is 395. The van der Waals surface area contributed by atoms with E-state index in [9.17, 15) is 13.2 Å². The van der Waals surface area contributed by atoms with E-state index < -0.39 is 5.92 Å². The number of likely N-dealkylation sites (tertiary alicyclic amines) is 1. The monoisotopic (exact) mass is 293 g/mol. The fourth-order valence-corrected chi connectivity index (χ4v) is 2.26. The second kappa shape index (κ2) is 4.37. The molecule has 1 saturated heterocycles. The molecule has 1 aliphatic heterocycles. The van der Waals surface area contributed by atoms with Crippen LogP contribution in [0.3, 0.4) is 0 Å². The summed E-state index contributed by atoms with van der Waals surface area (Å²) in [6.07, 6.45) is -0.136. The fraction of sp³-hybridized carbons (Fsp3) is 0.455. The van der Waals surface area contributed by atoms with Crippen LogP contribution in [0.5, 0.6) is 0 Å². The van der Waals surface area contributed by atoms with Crippen LogP contribution in [-0.2, 0) is 6.54 Å². The third kappa shape index (κ3) is 2.77. The maximum atomic E-state index is 13.4. The van der Waals surface area contributed by atoms with Crippen molar-refractivity contribution in [3.63, 3.8) is 0 Å². The van der Waals surface area contributed by atoms with Crippen LogP contribution in [0.2, 0.25) is 0 Å². The number of nitrogens with zero attached hydrogens (tertiary/aromatic N) is 1. The first-order valence-electron chi connectivity index (χ1n) is 5.00. The Balaban J connectivity index is 2.07. The van der Waals surface area contributed by atoms with Crippen molar-refractivity contribution in [3.05, 3.63) is 34.1 Å². The van der Waals surface area contributed by atoms with Crippen molar-refractivity contribution in [1.82, 2.24) is 4.90 Å². The van der Waals surface area contributed by atoms with Crippen LogP contribution in [0.1, 0.15) is 12.0 Å². The van der Waals surface area contributed by atoms with Crippen molar-refractivity contribution in [2.24, 2.45) is 0 Å². The predicted octanol–water partition coefficient (Wildman–Crippen LogP) is 3.43. The second-order valence-corrected chi connectivity index (χ2v) is 4.97. The summed E-state index contributed by atoms with van der Waals surface area (Å²) >= 11 is 3.23. The van der Waals surface area contributed by atoms with Gasteiger partial charge >= 0.3 is 0 Å². The minimum Gasteiger partial charge on any atom is -0.293 e. The molecule has 2 rings (SSSR count). The Hall–Kier alpha value is -0.550.